The zero-order valence-electron chi connectivity index (χ0n) is 18.6. The highest BCUT2D eigenvalue weighted by Crippen LogP contribution is 2.03. The van der Waals surface area contributed by atoms with Gasteiger partial charge in [0, 0.05) is 26.4 Å². The lowest BCUT2D eigenvalue weighted by molar-refractivity contribution is -0.131. The van der Waals surface area contributed by atoms with Gasteiger partial charge < -0.3 is 21.3 Å². The van der Waals surface area contributed by atoms with Gasteiger partial charge in [0.15, 0.2) is 0 Å². The van der Waals surface area contributed by atoms with E-state index < -0.39 is 12.1 Å². The molecular formula is C21H40N4O4. The SMILES string of the molecule is CCCCCCCNC(=O)C(C)NC(=O)C(CCCCNC(C)=O)NC(=O)CC. The van der Waals surface area contributed by atoms with Gasteiger partial charge in [0.2, 0.25) is 23.6 Å². The fraction of sp³-hybridized carbons (Fsp3) is 0.810. The zero-order chi connectivity index (χ0) is 22.1. The molecule has 0 aliphatic rings. The minimum Gasteiger partial charge on any atom is -0.356 e. The molecular weight excluding hydrogens is 372 g/mol. The van der Waals surface area contributed by atoms with Crippen LogP contribution in [0.3, 0.4) is 0 Å². The molecule has 0 aliphatic heterocycles. The van der Waals surface area contributed by atoms with Crippen LogP contribution >= 0.6 is 0 Å². The molecule has 0 aromatic carbocycles. The van der Waals surface area contributed by atoms with Gasteiger partial charge in [0.25, 0.3) is 0 Å². The summed E-state index contributed by atoms with van der Waals surface area (Å²) < 4.78 is 0. The van der Waals surface area contributed by atoms with Crippen molar-refractivity contribution in [3.63, 3.8) is 0 Å². The molecule has 0 bridgehead atoms. The second kappa shape index (κ2) is 16.8. The Balaban J connectivity index is 4.39. The molecule has 0 aromatic heterocycles. The third-order valence-electron chi connectivity index (χ3n) is 4.60. The first kappa shape index (κ1) is 26.9. The van der Waals surface area contributed by atoms with Gasteiger partial charge in [-0.1, -0.05) is 39.5 Å². The largest absolute Gasteiger partial charge is 0.356 e. The molecule has 8 heteroatoms. The summed E-state index contributed by atoms with van der Waals surface area (Å²) in [5.41, 5.74) is 0. The molecule has 2 atom stereocenters. The first-order valence-corrected chi connectivity index (χ1v) is 10.9. The molecule has 0 saturated heterocycles. The Morgan fingerprint density at radius 1 is 0.759 bits per heavy atom. The van der Waals surface area contributed by atoms with Crippen LogP contribution in [-0.4, -0.2) is 48.8 Å². The van der Waals surface area contributed by atoms with Gasteiger partial charge in [0.1, 0.15) is 12.1 Å². The van der Waals surface area contributed by atoms with Crippen LogP contribution in [-0.2, 0) is 19.2 Å². The predicted molar refractivity (Wildman–Crippen MR) is 114 cm³/mol. The molecule has 0 fully saturated rings. The second-order valence-electron chi connectivity index (χ2n) is 7.39. The Bertz CT molecular complexity index is 511. The molecule has 0 aliphatic carbocycles. The van der Waals surface area contributed by atoms with Crippen LogP contribution in [0.2, 0.25) is 0 Å². The highest BCUT2D eigenvalue weighted by molar-refractivity contribution is 5.91. The lowest BCUT2D eigenvalue weighted by Crippen LogP contribution is -2.52. The van der Waals surface area contributed by atoms with Crippen LogP contribution in [0.15, 0.2) is 0 Å². The number of amides is 4. The molecule has 168 valence electrons. The van der Waals surface area contributed by atoms with Gasteiger partial charge in [-0.3, -0.25) is 19.2 Å². The van der Waals surface area contributed by atoms with E-state index >= 15 is 0 Å². The summed E-state index contributed by atoms with van der Waals surface area (Å²) in [5.74, 6) is -0.892. The Morgan fingerprint density at radius 3 is 2.00 bits per heavy atom. The van der Waals surface area contributed by atoms with Gasteiger partial charge in [-0.05, 0) is 32.6 Å². The smallest absolute Gasteiger partial charge is 0.243 e. The average Bonchev–Trinajstić information content (AvgIpc) is 2.68. The van der Waals surface area contributed by atoms with Gasteiger partial charge >= 0.3 is 0 Å². The van der Waals surface area contributed by atoms with Crippen LogP contribution in [0.5, 0.6) is 0 Å². The minimum atomic E-state index is -0.691. The minimum absolute atomic E-state index is 0.0937. The molecule has 2 unspecified atom stereocenters. The third-order valence-corrected chi connectivity index (χ3v) is 4.60. The summed E-state index contributed by atoms with van der Waals surface area (Å²) in [7, 11) is 0. The zero-order valence-corrected chi connectivity index (χ0v) is 18.6. The first-order chi connectivity index (χ1) is 13.8. The molecule has 0 heterocycles. The average molecular weight is 413 g/mol. The van der Waals surface area contributed by atoms with E-state index in [1.807, 2.05) is 0 Å². The molecule has 4 N–H and O–H groups in total. The highest BCUT2D eigenvalue weighted by Gasteiger charge is 2.23. The number of carbonyl (C=O) groups excluding carboxylic acids is 4. The van der Waals surface area contributed by atoms with Crippen molar-refractivity contribution >= 4 is 23.6 Å². The standard InChI is InChI=1S/C21H40N4O4/c1-5-7-8-9-11-15-23-20(28)16(3)24-21(29)18(25-19(27)6-2)13-10-12-14-22-17(4)26/h16,18H,5-15H2,1-4H3,(H,22,26)(H,23,28)(H,24,29)(H,25,27). The maximum absolute atomic E-state index is 12.6. The van der Waals surface area contributed by atoms with Crippen molar-refractivity contribution in [1.29, 1.82) is 0 Å². The Morgan fingerprint density at radius 2 is 1.38 bits per heavy atom. The second-order valence-corrected chi connectivity index (χ2v) is 7.39. The number of hydrogen-bond donors (Lipinski definition) is 4. The molecule has 0 aromatic rings. The molecule has 29 heavy (non-hydrogen) atoms. The summed E-state index contributed by atoms with van der Waals surface area (Å²) >= 11 is 0. The molecule has 4 amide bonds. The van der Waals surface area contributed by atoms with Crippen LogP contribution in [0.4, 0.5) is 0 Å². The molecule has 8 nitrogen and oxygen atoms in total. The number of carbonyl (C=O) groups is 4. The molecule has 0 radical (unpaired) electrons. The van der Waals surface area contributed by atoms with Crippen molar-refractivity contribution in [2.45, 2.75) is 97.6 Å². The van der Waals surface area contributed by atoms with Gasteiger partial charge in [0.05, 0.1) is 0 Å². The summed E-state index contributed by atoms with van der Waals surface area (Å²) in [6.07, 6.45) is 7.66. The maximum atomic E-state index is 12.6. The number of unbranched alkanes of at least 4 members (excludes halogenated alkanes) is 5. The lowest BCUT2D eigenvalue weighted by atomic mass is 10.1. The number of rotatable bonds is 16. The van der Waals surface area contributed by atoms with E-state index in [2.05, 4.69) is 28.2 Å². The first-order valence-electron chi connectivity index (χ1n) is 10.9. The van der Waals surface area contributed by atoms with E-state index in [0.29, 0.717) is 32.4 Å². The van der Waals surface area contributed by atoms with Crippen molar-refractivity contribution in [3.05, 3.63) is 0 Å². The van der Waals surface area contributed by atoms with Crippen molar-refractivity contribution in [2.24, 2.45) is 0 Å². The van der Waals surface area contributed by atoms with Crippen LogP contribution < -0.4 is 21.3 Å². The van der Waals surface area contributed by atoms with Gasteiger partial charge in [-0.25, -0.2) is 0 Å². The monoisotopic (exact) mass is 412 g/mol. The van der Waals surface area contributed by atoms with Gasteiger partial charge in [-0.2, -0.15) is 0 Å². The Kier molecular flexibility index (Phi) is 15.6. The lowest BCUT2D eigenvalue weighted by Gasteiger charge is -2.21. The fourth-order valence-electron chi connectivity index (χ4n) is 2.78. The predicted octanol–water partition coefficient (Wildman–Crippen LogP) is 1.78. The fourth-order valence-corrected chi connectivity index (χ4v) is 2.78. The van der Waals surface area contributed by atoms with Crippen LogP contribution in [0, 0.1) is 0 Å². The van der Waals surface area contributed by atoms with E-state index in [-0.39, 0.29) is 30.0 Å². The summed E-state index contributed by atoms with van der Waals surface area (Å²) in [5, 5.41) is 11.0. The van der Waals surface area contributed by atoms with E-state index in [1.54, 1.807) is 13.8 Å². The molecule has 0 rings (SSSR count). The highest BCUT2D eigenvalue weighted by atomic mass is 16.2. The number of hydrogen-bond acceptors (Lipinski definition) is 4. The van der Waals surface area contributed by atoms with Crippen LogP contribution in [0.25, 0.3) is 0 Å². The Hall–Kier alpha value is -2.12. The van der Waals surface area contributed by atoms with E-state index in [9.17, 15) is 19.2 Å². The quantitative estimate of drug-likeness (QED) is 0.289. The normalized spacial score (nSPS) is 12.6. The van der Waals surface area contributed by atoms with Crippen molar-refractivity contribution in [1.82, 2.24) is 21.3 Å². The van der Waals surface area contributed by atoms with Crippen molar-refractivity contribution in [3.8, 4) is 0 Å². The summed E-state index contributed by atoms with van der Waals surface area (Å²) in [6, 6.07) is -1.36. The summed E-state index contributed by atoms with van der Waals surface area (Å²) in [4.78, 5) is 47.4. The van der Waals surface area contributed by atoms with E-state index in [0.717, 1.165) is 12.8 Å². The van der Waals surface area contributed by atoms with Gasteiger partial charge in [-0.15, -0.1) is 0 Å². The molecule has 0 spiro atoms. The van der Waals surface area contributed by atoms with E-state index in [4.69, 9.17) is 0 Å². The summed E-state index contributed by atoms with van der Waals surface area (Å²) in [6.45, 7) is 8.10. The van der Waals surface area contributed by atoms with E-state index in [1.165, 1.54) is 26.2 Å². The van der Waals surface area contributed by atoms with Crippen molar-refractivity contribution < 1.29 is 19.2 Å². The van der Waals surface area contributed by atoms with Crippen molar-refractivity contribution in [2.75, 3.05) is 13.1 Å². The Labute approximate surface area is 175 Å². The third kappa shape index (κ3) is 14.5. The molecule has 0 saturated carbocycles. The van der Waals surface area contributed by atoms with Crippen LogP contribution in [0.1, 0.15) is 85.5 Å². The topological polar surface area (TPSA) is 116 Å². The number of nitrogens with one attached hydrogen (secondary N) is 4. The maximum Gasteiger partial charge on any atom is 0.243 e.